The molecule has 0 bridgehead atoms. The van der Waals surface area contributed by atoms with E-state index >= 15 is 0 Å². The van der Waals surface area contributed by atoms with E-state index in [9.17, 15) is 19.2 Å². The van der Waals surface area contributed by atoms with Gasteiger partial charge < -0.3 is 42.3 Å². The fourth-order valence-corrected chi connectivity index (χ4v) is 8.72. The molecule has 2 fully saturated rings. The third-order valence-corrected chi connectivity index (χ3v) is 16.0. The van der Waals surface area contributed by atoms with E-state index in [4.69, 9.17) is 42.3 Å². The lowest BCUT2D eigenvalue weighted by molar-refractivity contribution is -0.307. The molecule has 5 rings (SSSR count). The van der Waals surface area contributed by atoms with Gasteiger partial charge in [0.15, 0.2) is 45.3 Å². The van der Waals surface area contributed by atoms with Crippen LogP contribution < -0.4 is 0 Å². The predicted octanol–water partition coefficient (Wildman–Crippen LogP) is 6.92. The number of methoxy groups -OCH3 is 1. The predicted molar refractivity (Wildman–Crippen MR) is 218 cm³/mol. The zero-order valence-corrected chi connectivity index (χ0v) is 36.5. The van der Waals surface area contributed by atoms with Crippen molar-refractivity contribution in [3.63, 3.8) is 0 Å². The van der Waals surface area contributed by atoms with Crippen molar-refractivity contribution in [2.75, 3.05) is 13.7 Å². The summed E-state index contributed by atoms with van der Waals surface area (Å²) in [5.74, 6) is -2.73. The highest BCUT2D eigenvalue weighted by Gasteiger charge is 2.55. The molecule has 2 saturated heterocycles. The van der Waals surface area contributed by atoms with E-state index < -0.39 is 91.4 Å². The second kappa shape index (κ2) is 19.4. The van der Waals surface area contributed by atoms with Gasteiger partial charge in [-0.2, -0.15) is 0 Å². The number of benzene rings is 3. The van der Waals surface area contributed by atoms with Gasteiger partial charge in [0.1, 0.15) is 12.2 Å². The Kier molecular flexibility index (Phi) is 15.1. The van der Waals surface area contributed by atoms with Gasteiger partial charge in [-0.15, -0.1) is 0 Å². The Labute approximate surface area is 348 Å². The number of alkyl halides is 1. The maximum Gasteiger partial charge on any atom is 0.338 e. The minimum absolute atomic E-state index is 0.157. The first kappa shape index (κ1) is 44.4. The van der Waals surface area contributed by atoms with Crippen LogP contribution in [0.3, 0.4) is 0 Å². The minimum Gasteiger partial charge on any atom is -0.457 e. The van der Waals surface area contributed by atoms with E-state index in [1.165, 1.54) is 14.0 Å². The molecular weight excluding hydrogens is 867 g/mol. The number of carbonyl (C=O) groups is 4. The molecule has 13 nitrogen and oxygen atoms in total. The third kappa shape index (κ3) is 11.1. The van der Waals surface area contributed by atoms with E-state index in [2.05, 4.69) is 56.5 Å². The zero-order chi connectivity index (χ0) is 41.5. The van der Waals surface area contributed by atoms with Crippen LogP contribution >= 0.6 is 22.6 Å². The van der Waals surface area contributed by atoms with Gasteiger partial charge in [0.2, 0.25) is 0 Å². The number of hydrogen-bond acceptors (Lipinski definition) is 13. The van der Waals surface area contributed by atoms with Crippen molar-refractivity contribution in [3.05, 3.63) is 108 Å². The van der Waals surface area contributed by atoms with Crippen molar-refractivity contribution >= 4 is 54.8 Å². The highest BCUT2D eigenvalue weighted by Crippen LogP contribution is 2.42. The van der Waals surface area contributed by atoms with Crippen LogP contribution in [0.5, 0.6) is 0 Å². The van der Waals surface area contributed by atoms with Crippen LogP contribution in [-0.4, -0.2) is 105 Å². The molecule has 0 aliphatic carbocycles. The van der Waals surface area contributed by atoms with E-state index in [1.54, 1.807) is 97.9 Å². The summed E-state index contributed by atoms with van der Waals surface area (Å²) < 4.78 is 55.3. The summed E-state index contributed by atoms with van der Waals surface area (Å²) in [6.07, 6.45) is -9.59. The van der Waals surface area contributed by atoms with E-state index in [0.717, 1.165) is 0 Å². The first-order valence-electron chi connectivity index (χ1n) is 18.7. The summed E-state index contributed by atoms with van der Waals surface area (Å²) in [7, 11) is -1.06. The zero-order valence-electron chi connectivity index (χ0n) is 33.3. The Morgan fingerprint density at radius 1 is 0.649 bits per heavy atom. The SMILES string of the molecule is CO[C@H]1O[C@H](CO[C@H]2O[C@H](C)[C@@H](OC(C)=O)[C@H](O[Si](C)(C)C(C)(C)C)[C@@H]2I)[C@@H](OC(=O)c2ccccc2)[C@H](OC(=O)c2ccccc2)[C@H]1OC(=O)c1ccccc1. The molecule has 0 unspecified atom stereocenters. The summed E-state index contributed by atoms with van der Waals surface area (Å²) in [5.41, 5.74) is 0.650. The van der Waals surface area contributed by atoms with E-state index in [-0.39, 0.29) is 28.3 Å². The molecular formula is C42H51IO13Si. The van der Waals surface area contributed by atoms with Gasteiger partial charge >= 0.3 is 23.9 Å². The molecule has 0 aromatic heterocycles. The quantitative estimate of drug-likeness (QED) is 0.0574. The van der Waals surface area contributed by atoms with Crippen molar-refractivity contribution < 1.29 is 61.5 Å². The topological polar surface area (TPSA) is 151 Å². The summed E-state index contributed by atoms with van der Waals surface area (Å²) in [5, 5.41) is -0.157. The fourth-order valence-electron chi connectivity index (χ4n) is 6.19. The maximum absolute atomic E-state index is 13.8. The van der Waals surface area contributed by atoms with Gasteiger partial charge in [-0.05, 0) is 61.5 Å². The number of ether oxygens (including phenoxy) is 8. The van der Waals surface area contributed by atoms with Crippen LogP contribution in [0, 0.1) is 0 Å². The molecule has 2 heterocycles. The molecule has 0 radical (unpaired) electrons. The Morgan fingerprint density at radius 3 is 1.54 bits per heavy atom. The molecule has 15 heteroatoms. The molecule has 10 atom stereocenters. The largest absolute Gasteiger partial charge is 0.457 e. The second-order valence-electron chi connectivity index (χ2n) is 15.4. The lowest BCUT2D eigenvalue weighted by Crippen LogP contribution is -2.64. The summed E-state index contributed by atoms with van der Waals surface area (Å²) >= 11 is 2.19. The Bertz CT molecular complexity index is 1810. The summed E-state index contributed by atoms with van der Waals surface area (Å²) in [6.45, 7) is 13.4. The number of carbonyl (C=O) groups excluding carboxylic acids is 4. The molecule has 0 spiro atoms. The maximum atomic E-state index is 13.8. The molecule has 308 valence electrons. The van der Waals surface area contributed by atoms with E-state index in [1.807, 2.05) is 0 Å². The van der Waals surface area contributed by atoms with Crippen LogP contribution in [0.15, 0.2) is 91.0 Å². The van der Waals surface area contributed by atoms with Crippen LogP contribution in [0.2, 0.25) is 18.1 Å². The number of esters is 4. The molecule has 0 amide bonds. The average Bonchev–Trinajstić information content (AvgIpc) is 3.18. The van der Waals surface area contributed by atoms with Gasteiger partial charge in [0.25, 0.3) is 0 Å². The highest BCUT2D eigenvalue weighted by molar-refractivity contribution is 14.1. The van der Waals surface area contributed by atoms with Gasteiger partial charge in [-0.25, -0.2) is 14.4 Å². The van der Waals surface area contributed by atoms with Crippen LogP contribution in [0.4, 0.5) is 0 Å². The first-order valence-corrected chi connectivity index (χ1v) is 22.9. The van der Waals surface area contributed by atoms with Gasteiger partial charge in [-0.1, -0.05) is 98.0 Å². The minimum atomic E-state index is -2.41. The Hall–Kier alpha value is -3.71. The molecule has 3 aromatic carbocycles. The third-order valence-electron chi connectivity index (χ3n) is 10.3. The van der Waals surface area contributed by atoms with Gasteiger partial charge in [0.05, 0.1) is 33.3 Å². The monoisotopic (exact) mass is 918 g/mol. The van der Waals surface area contributed by atoms with Gasteiger partial charge in [0, 0.05) is 14.0 Å². The average molecular weight is 919 g/mol. The molecule has 2 aliphatic heterocycles. The fraction of sp³-hybridized carbons (Fsp3) is 0.476. The van der Waals surface area contributed by atoms with Crippen LogP contribution in [-0.2, 0) is 47.1 Å². The lowest BCUT2D eigenvalue weighted by Gasteiger charge is -2.48. The highest BCUT2D eigenvalue weighted by atomic mass is 127. The molecule has 0 N–H and O–H groups in total. The van der Waals surface area contributed by atoms with E-state index in [0.29, 0.717) is 0 Å². The normalized spacial score (nSPS) is 27.8. The number of rotatable bonds is 13. The summed E-state index contributed by atoms with van der Waals surface area (Å²) in [6, 6.07) is 24.8. The number of halogens is 1. The number of hydrogen-bond donors (Lipinski definition) is 0. The van der Waals surface area contributed by atoms with Crippen molar-refractivity contribution in [1.82, 2.24) is 0 Å². The molecule has 0 saturated carbocycles. The van der Waals surface area contributed by atoms with Crippen molar-refractivity contribution in [2.45, 2.75) is 112 Å². The van der Waals surface area contributed by atoms with Crippen molar-refractivity contribution in [2.24, 2.45) is 0 Å². The standard InChI is InChI=1S/C42H51IO13Si/c1-25-32(51-26(2)44)34(56-57(7,8)42(3,4)5)31(43)40(50-25)49-24-30-33(53-37(45)27-18-12-9-13-19-27)35(54-38(46)28-20-14-10-15-21-28)36(41(48-6)52-30)55-39(47)29-22-16-11-17-23-29/h9-23,25,30-36,40-41H,24H2,1-8H3/t25-,30-,31+,32-,33-,34-,35+,36-,40+,41+/m1/s1. The van der Waals surface area contributed by atoms with Crippen LogP contribution in [0.1, 0.15) is 65.7 Å². The smallest absolute Gasteiger partial charge is 0.338 e. The summed E-state index contributed by atoms with van der Waals surface area (Å²) in [4.78, 5) is 53.3. The van der Waals surface area contributed by atoms with Gasteiger partial charge in [-0.3, -0.25) is 4.79 Å². The molecule has 57 heavy (non-hydrogen) atoms. The van der Waals surface area contributed by atoms with Crippen molar-refractivity contribution in [1.29, 1.82) is 0 Å². The van der Waals surface area contributed by atoms with Crippen molar-refractivity contribution in [3.8, 4) is 0 Å². The lowest BCUT2D eigenvalue weighted by atomic mass is 9.97. The Morgan fingerprint density at radius 2 is 1.11 bits per heavy atom. The first-order chi connectivity index (χ1) is 27.0. The molecule has 3 aromatic rings. The second-order valence-corrected chi connectivity index (χ2v) is 21.6. The van der Waals surface area contributed by atoms with Crippen LogP contribution in [0.25, 0.3) is 0 Å². The molecule has 2 aliphatic rings. The Balaban J connectivity index is 1.50.